The van der Waals surface area contributed by atoms with Crippen LogP contribution >= 0.6 is 0 Å². The van der Waals surface area contributed by atoms with Gasteiger partial charge < -0.3 is 18.9 Å². The minimum atomic E-state index is -3.75. The van der Waals surface area contributed by atoms with Crippen LogP contribution in [0.15, 0.2) is 0 Å². The summed E-state index contributed by atoms with van der Waals surface area (Å²) in [5, 5.41) is 0. The Hall–Kier alpha value is -0.340. The highest BCUT2D eigenvalue weighted by atomic mass is 32.2. The quantitative estimate of drug-likeness (QED) is 0.454. The summed E-state index contributed by atoms with van der Waals surface area (Å²) in [5.74, 6) is -2.77. The minimum absolute atomic E-state index is 0.271. The SMILES string of the molecule is CCO[C@]1(C)O[C@@H](COS(C)(=O)=O)[C@H](COS(C)(=O)=O)O[C@@]1(C)OCC. The molecule has 1 rings (SSSR count). The molecule has 0 N–H and O–H groups in total. The van der Waals surface area contributed by atoms with Crippen molar-refractivity contribution in [1.29, 1.82) is 0 Å². The lowest BCUT2D eigenvalue weighted by molar-refractivity contribution is -0.457. The Balaban J connectivity index is 3.12. The molecule has 1 heterocycles. The largest absolute Gasteiger partial charge is 0.346 e. The Morgan fingerprint density at radius 2 is 1.08 bits per heavy atom. The van der Waals surface area contributed by atoms with Gasteiger partial charge in [-0.25, -0.2) is 0 Å². The van der Waals surface area contributed by atoms with Gasteiger partial charge in [0.15, 0.2) is 0 Å². The van der Waals surface area contributed by atoms with E-state index in [0.717, 1.165) is 12.5 Å². The molecule has 156 valence electrons. The van der Waals surface area contributed by atoms with Gasteiger partial charge in [-0.1, -0.05) is 0 Å². The van der Waals surface area contributed by atoms with E-state index in [9.17, 15) is 16.8 Å². The maximum atomic E-state index is 11.3. The highest BCUT2D eigenvalue weighted by Gasteiger charge is 2.57. The average Bonchev–Trinajstić information content (AvgIpc) is 2.46. The molecule has 4 atom stereocenters. The van der Waals surface area contributed by atoms with Gasteiger partial charge in [0, 0.05) is 13.2 Å². The van der Waals surface area contributed by atoms with Gasteiger partial charge in [-0.3, -0.25) is 8.37 Å². The third kappa shape index (κ3) is 6.68. The molecule has 0 aliphatic carbocycles. The maximum Gasteiger partial charge on any atom is 0.264 e. The molecule has 0 radical (unpaired) electrons. The van der Waals surface area contributed by atoms with Crippen LogP contribution in [0, 0.1) is 0 Å². The first-order chi connectivity index (χ1) is 11.8. The fraction of sp³-hybridized carbons (Fsp3) is 1.00. The molecule has 10 nitrogen and oxygen atoms in total. The van der Waals surface area contributed by atoms with Crippen molar-refractivity contribution < 1.29 is 44.1 Å². The predicted octanol–water partition coefficient (Wildman–Crippen LogP) is 0.228. The van der Waals surface area contributed by atoms with Gasteiger partial charge in [-0.2, -0.15) is 16.8 Å². The Kier molecular flexibility index (Phi) is 8.00. The molecular weight excluding hydrogens is 392 g/mol. The van der Waals surface area contributed by atoms with Crippen molar-refractivity contribution in [3.05, 3.63) is 0 Å². The van der Waals surface area contributed by atoms with Gasteiger partial charge in [0.05, 0.1) is 25.7 Å². The van der Waals surface area contributed by atoms with Gasteiger partial charge in [0.25, 0.3) is 20.2 Å². The number of hydrogen-bond acceptors (Lipinski definition) is 10. The molecule has 0 spiro atoms. The molecule has 0 bridgehead atoms. The van der Waals surface area contributed by atoms with E-state index in [4.69, 9.17) is 27.3 Å². The molecule has 0 unspecified atom stereocenters. The predicted molar refractivity (Wildman–Crippen MR) is 91.4 cm³/mol. The molecule has 0 aromatic heterocycles. The van der Waals surface area contributed by atoms with Crippen LogP contribution in [-0.4, -0.2) is 79.6 Å². The van der Waals surface area contributed by atoms with Gasteiger partial charge in [0.2, 0.25) is 11.6 Å². The van der Waals surface area contributed by atoms with E-state index in [1.807, 2.05) is 0 Å². The number of hydrogen-bond donors (Lipinski definition) is 0. The summed E-state index contributed by atoms with van der Waals surface area (Å²) in [6.45, 7) is 6.42. The van der Waals surface area contributed by atoms with Crippen LogP contribution in [0.3, 0.4) is 0 Å². The van der Waals surface area contributed by atoms with Crippen LogP contribution in [0.4, 0.5) is 0 Å². The summed E-state index contributed by atoms with van der Waals surface area (Å²) in [6.07, 6.45) is -0.164. The van der Waals surface area contributed by atoms with E-state index < -0.39 is 57.2 Å². The second-order valence-corrected chi connectivity index (χ2v) is 9.34. The smallest absolute Gasteiger partial charge is 0.264 e. The fourth-order valence-corrected chi connectivity index (χ4v) is 3.25. The second-order valence-electron chi connectivity index (χ2n) is 6.05. The average molecular weight is 421 g/mol. The van der Waals surface area contributed by atoms with Crippen LogP contribution in [0.25, 0.3) is 0 Å². The molecule has 12 heteroatoms. The van der Waals surface area contributed by atoms with Crippen molar-refractivity contribution in [3.63, 3.8) is 0 Å². The molecule has 1 fully saturated rings. The van der Waals surface area contributed by atoms with Crippen LogP contribution in [-0.2, 0) is 47.5 Å². The van der Waals surface area contributed by atoms with Crippen LogP contribution in [0.2, 0.25) is 0 Å². The molecule has 1 saturated heterocycles. The zero-order chi connectivity index (χ0) is 20.2. The van der Waals surface area contributed by atoms with E-state index in [1.165, 1.54) is 0 Å². The molecular formula is C14H28O10S2. The fourth-order valence-electron chi connectivity index (χ4n) is 2.49. The van der Waals surface area contributed by atoms with E-state index in [2.05, 4.69) is 0 Å². The van der Waals surface area contributed by atoms with Crippen molar-refractivity contribution in [2.24, 2.45) is 0 Å². The van der Waals surface area contributed by atoms with Gasteiger partial charge >= 0.3 is 0 Å². The first-order valence-electron chi connectivity index (χ1n) is 8.07. The van der Waals surface area contributed by atoms with Crippen LogP contribution < -0.4 is 0 Å². The van der Waals surface area contributed by atoms with Gasteiger partial charge in [-0.05, 0) is 27.7 Å². The summed E-state index contributed by atoms with van der Waals surface area (Å²) in [6, 6.07) is 0. The Bertz CT molecular complexity index is 603. The lowest BCUT2D eigenvalue weighted by atomic mass is 10.0. The standard InChI is InChI=1S/C14H28O10S2/c1-7-19-13(3)14(4,20-8-2)24-12(10-22-26(6,17)18)11(23-13)9-21-25(5,15)16/h11-12H,7-10H2,1-6H3/t11-,12-,13+,14+/m0/s1. The molecule has 1 aliphatic heterocycles. The first kappa shape index (κ1) is 23.7. The zero-order valence-electron chi connectivity index (χ0n) is 15.9. The summed E-state index contributed by atoms with van der Waals surface area (Å²) < 4.78 is 78.0. The van der Waals surface area contributed by atoms with E-state index in [1.54, 1.807) is 27.7 Å². The minimum Gasteiger partial charge on any atom is -0.346 e. The first-order valence-corrected chi connectivity index (χ1v) is 11.7. The van der Waals surface area contributed by atoms with Crippen LogP contribution in [0.5, 0.6) is 0 Å². The second kappa shape index (κ2) is 8.78. The molecule has 0 aromatic rings. The monoisotopic (exact) mass is 420 g/mol. The highest BCUT2D eigenvalue weighted by molar-refractivity contribution is 7.86. The van der Waals surface area contributed by atoms with E-state index in [0.29, 0.717) is 0 Å². The normalized spacial score (nSPS) is 33.3. The van der Waals surface area contributed by atoms with Crippen molar-refractivity contribution in [1.82, 2.24) is 0 Å². The molecule has 1 aliphatic rings. The topological polar surface area (TPSA) is 124 Å². The molecule has 0 amide bonds. The maximum absolute atomic E-state index is 11.3. The summed E-state index contributed by atoms with van der Waals surface area (Å²) >= 11 is 0. The van der Waals surface area contributed by atoms with Crippen molar-refractivity contribution in [3.8, 4) is 0 Å². The summed E-state index contributed by atoms with van der Waals surface area (Å²) in [7, 11) is -7.49. The third-order valence-corrected chi connectivity index (χ3v) is 4.85. The lowest BCUT2D eigenvalue weighted by Gasteiger charge is -2.52. The lowest BCUT2D eigenvalue weighted by Crippen LogP contribution is -2.67. The van der Waals surface area contributed by atoms with Gasteiger partial charge in [0.1, 0.15) is 12.2 Å². The van der Waals surface area contributed by atoms with Gasteiger partial charge in [-0.15, -0.1) is 0 Å². The zero-order valence-corrected chi connectivity index (χ0v) is 17.5. The number of ether oxygens (including phenoxy) is 4. The molecule has 0 aromatic carbocycles. The Labute approximate surface area is 155 Å². The third-order valence-electron chi connectivity index (χ3n) is 3.72. The highest BCUT2D eigenvalue weighted by Crippen LogP contribution is 2.40. The van der Waals surface area contributed by atoms with E-state index in [-0.39, 0.29) is 13.2 Å². The summed E-state index contributed by atoms with van der Waals surface area (Å²) in [4.78, 5) is 0. The summed E-state index contributed by atoms with van der Waals surface area (Å²) in [5.41, 5.74) is 0. The number of rotatable bonds is 10. The van der Waals surface area contributed by atoms with Crippen molar-refractivity contribution >= 4 is 20.2 Å². The molecule has 26 heavy (non-hydrogen) atoms. The van der Waals surface area contributed by atoms with Crippen LogP contribution in [0.1, 0.15) is 27.7 Å². The van der Waals surface area contributed by atoms with Crippen molar-refractivity contribution in [2.75, 3.05) is 38.9 Å². The Morgan fingerprint density at radius 1 is 0.769 bits per heavy atom. The Morgan fingerprint density at radius 3 is 1.31 bits per heavy atom. The van der Waals surface area contributed by atoms with E-state index >= 15 is 0 Å². The van der Waals surface area contributed by atoms with Crippen molar-refractivity contribution in [2.45, 2.75) is 51.5 Å². The molecule has 0 saturated carbocycles.